The van der Waals surface area contributed by atoms with E-state index in [9.17, 15) is 18.0 Å². The third-order valence-corrected chi connectivity index (χ3v) is 8.72. The fourth-order valence-electron chi connectivity index (χ4n) is 3.83. The number of carbonyl (C=O) groups is 2. The molecule has 0 radical (unpaired) electrons. The van der Waals surface area contributed by atoms with Gasteiger partial charge in [-0.15, -0.1) is 0 Å². The summed E-state index contributed by atoms with van der Waals surface area (Å²) in [6.45, 7) is 5.13. The van der Waals surface area contributed by atoms with Crippen molar-refractivity contribution < 1.29 is 22.7 Å². The lowest BCUT2D eigenvalue weighted by Gasteiger charge is -2.32. The van der Waals surface area contributed by atoms with Crippen molar-refractivity contribution in [1.82, 2.24) is 10.2 Å². The zero-order chi connectivity index (χ0) is 28.6. The molecule has 3 aromatic carbocycles. The number of carbonyl (C=O) groups excluding carboxylic acids is 2. The van der Waals surface area contributed by atoms with Crippen LogP contribution in [0.5, 0.6) is 5.75 Å². The zero-order valence-electron chi connectivity index (χ0n) is 22.5. The van der Waals surface area contributed by atoms with E-state index in [0.29, 0.717) is 11.4 Å². The third-order valence-electron chi connectivity index (χ3n) is 6.40. The van der Waals surface area contributed by atoms with Crippen molar-refractivity contribution in [3.63, 3.8) is 0 Å². The summed E-state index contributed by atoms with van der Waals surface area (Å²) in [5.74, 6) is -0.272. The Bertz CT molecular complexity index is 1350. The van der Waals surface area contributed by atoms with Gasteiger partial charge in [-0.05, 0) is 74.4 Å². The number of ether oxygens (including phenoxy) is 1. The highest BCUT2D eigenvalue weighted by Gasteiger charge is 2.32. The molecule has 0 unspecified atom stereocenters. The number of anilines is 1. The average Bonchev–Trinajstić information content (AvgIpc) is 2.95. The van der Waals surface area contributed by atoms with Gasteiger partial charge in [-0.1, -0.05) is 53.2 Å². The standard InChI is InChI=1S/C29H34BrN3O5S/c1-5-21(2)31-29(35)22(3)32(19-23-11-13-24(30)14-12-23)28(34)20-33(25-15-17-26(38-4)18-16-25)39(36,37)27-9-7-6-8-10-27/h6-18,21-22H,5,19-20H2,1-4H3,(H,31,35)/t21-,22-/m1/s1. The number of nitrogens with zero attached hydrogens (tertiary/aromatic N) is 2. The smallest absolute Gasteiger partial charge is 0.264 e. The maximum Gasteiger partial charge on any atom is 0.264 e. The molecule has 3 rings (SSSR count). The lowest BCUT2D eigenvalue weighted by atomic mass is 10.1. The molecule has 39 heavy (non-hydrogen) atoms. The molecule has 0 aliphatic rings. The second-order valence-electron chi connectivity index (χ2n) is 9.16. The summed E-state index contributed by atoms with van der Waals surface area (Å²) >= 11 is 3.41. The van der Waals surface area contributed by atoms with Gasteiger partial charge >= 0.3 is 0 Å². The third kappa shape index (κ3) is 7.83. The van der Waals surface area contributed by atoms with Crippen LogP contribution in [-0.2, 0) is 26.2 Å². The largest absolute Gasteiger partial charge is 0.497 e. The van der Waals surface area contributed by atoms with Crippen LogP contribution in [-0.4, -0.2) is 50.9 Å². The number of hydrogen-bond acceptors (Lipinski definition) is 5. The Balaban J connectivity index is 2.01. The van der Waals surface area contributed by atoms with Crippen molar-refractivity contribution in [3.05, 3.63) is 88.9 Å². The number of methoxy groups -OCH3 is 1. The van der Waals surface area contributed by atoms with E-state index >= 15 is 0 Å². The average molecular weight is 617 g/mol. The topological polar surface area (TPSA) is 96.0 Å². The maximum atomic E-state index is 13.9. The van der Waals surface area contributed by atoms with Crippen LogP contribution in [0.2, 0.25) is 0 Å². The Labute approximate surface area is 239 Å². The molecular formula is C29H34BrN3O5S. The van der Waals surface area contributed by atoms with Crippen molar-refractivity contribution in [2.75, 3.05) is 18.0 Å². The molecule has 0 spiro atoms. The van der Waals surface area contributed by atoms with Crippen LogP contribution in [0.15, 0.2) is 88.2 Å². The molecule has 0 heterocycles. The molecule has 0 fully saturated rings. The van der Waals surface area contributed by atoms with E-state index in [2.05, 4.69) is 21.2 Å². The van der Waals surface area contributed by atoms with Gasteiger partial charge in [-0.3, -0.25) is 13.9 Å². The molecule has 10 heteroatoms. The van der Waals surface area contributed by atoms with Crippen molar-refractivity contribution >= 4 is 43.5 Å². The van der Waals surface area contributed by atoms with Crippen LogP contribution >= 0.6 is 15.9 Å². The molecule has 2 atom stereocenters. The first-order valence-corrected chi connectivity index (χ1v) is 14.9. The number of hydrogen-bond donors (Lipinski definition) is 1. The molecular weight excluding hydrogens is 582 g/mol. The highest BCUT2D eigenvalue weighted by molar-refractivity contribution is 9.10. The molecule has 208 valence electrons. The van der Waals surface area contributed by atoms with Crippen molar-refractivity contribution in [2.24, 2.45) is 0 Å². The summed E-state index contributed by atoms with van der Waals surface area (Å²) in [4.78, 5) is 28.5. The summed E-state index contributed by atoms with van der Waals surface area (Å²) in [7, 11) is -2.59. The van der Waals surface area contributed by atoms with E-state index in [1.165, 1.54) is 24.1 Å². The highest BCUT2D eigenvalue weighted by atomic mass is 79.9. The second-order valence-corrected chi connectivity index (χ2v) is 11.9. The predicted octanol–water partition coefficient (Wildman–Crippen LogP) is 4.99. The molecule has 0 saturated carbocycles. The maximum absolute atomic E-state index is 13.9. The molecule has 0 bridgehead atoms. The van der Waals surface area contributed by atoms with Gasteiger partial charge in [0.15, 0.2) is 0 Å². The number of nitrogens with one attached hydrogen (secondary N) is 1. The number of sulfonamides is 1. The van der Waals surface area contributed by atoms with Crippen molar-refractivity contribution in [3.8, 4) is 5.75 Å². The number of benzene rings is 3. The van der Waals surface area contributed by atoms with Crippen LogP contribution in [0.4, 0.5) is 5.69 Å². The highest BCUT2D eigenvalue weighted by Crippen LogP contribution is 2.26. The molecule has 0 aromatic heterocycles. The fraction of sp³-hybridized carbons (Fsp3) is 0.310. The van der Waals surface area contributed by atoms with Crippen LogP contribution in [0.3, 0.4) is 0 Å². The zero-order valence-corrected chi connectivity index (χ0v) is 24.9. The van der Waals surface area contributed by atoms with E-state index in [1.807, 2.05) is 38.1 Å². The summed E-state index contributed by atoms with van der Waals surface area (Å²) in [5.41, 5.74) is 1.10. The van der Waals surface area contributed by atoms with E-state index < -0.39 is 28.5 Å². The van der Waals surface area contributed by atoms with Gasteiger partial charge in [-0.2, -0.15) is 0 Å². The van der Waals surface area contributed by atoms with Gasteiger partial charge in [-0.25, -0.2) is 8.42 Å². The van der Waals surface area contributed by atoms with Gasteiger partial charge in [0.25, 0.3) is 10.0 Å². The Morgan fingerprint density at radius 3 is 2.13 bits per heavy atom. The Morgan fingerprint density at radius 2 is 1.56 bits per heavy atom. The van der Waals surface area contributed by atoms with Crippen LogP contribution in [0.1, 0.15) is 32.8 Å². The second kappa shape index (κ2) is 13.6. The molecule has 3 aromatic rings. The molecule has 0 aliphatic carbocycles. The summed E-state index contributed by atoms with van der Waals surface area (Å²) in [5, 5.41) is 2.93. The minimum Gasteiger partial charge on any atom is -0.497 e. The minimum atomic E-state index is -4.11. The van der Waals surface area contributed by atoms with Gasteiger partial charge in [0.05, 0.1) is 17.7 Å². The molecule has 0 saturated heterocycles. The first-order valence-electron chi connectivity index (χ1n) is 12.6. The van der Waals surface area contributed by atoms with Gasteiger partial charge in [0, 0.05) is 17.1 Å². The molecule has 1 N–H and O–H groups in total. The minimum absolute atomic E-state index is 0.0515. The van der Waals surface area contributed by atoms with E-state index in [-0.39, 0.29) is 23.4 Å². The molecule has 0 aliphatic heterocycles. The number of rotatable bonds is 12. The van der Waals surface area contributed by atoms with E-state index in [1.54, 1.807) is 49.4 Å². The summed E-state index contributed by atoms with van der Waals surface area (Å²) in [6, 6.07) is 20.9. The quantitative estimate of drug-likeness (QED) is 0.310. The van der Waals surface area contributed by atoms with Crippen molar-refractivity contribution in [2.45, 2.75) is 50.7 Å². The van der Waals surface area contributed by atoms with Crippen molar-refractivity contribution in [1.29, 1.82) is 0 Å². The summed E-state index contributed by atoms with van der Waals surface area (Å²) in [6.07, 6.45) is 0.736. The van der Waals surface area contributed by atoms with Gasteiger partial charge in [0.2, 0.25) is 11.8 Å². The van der Waals surface area contributed by atoms with Gasteiger partial charge < -0.3 is 15.0 Å². The SMILES string of the molecule is CC[C@@H](C)NC(=O)[C@@H](C)N(Cc1ccc(Br)cc1)C(=O)CN(c1ccc(OC)cc1)S(=O)(=O)c1ccccc1. The number of halogens is 1. The lowest BCUT2D eigenvalue weighted by molar-refractivity contribution is -0.139. The Hall–Kier alpha value is -3.37. The Kier molecular flexibility index (Phi) is 10.5. The van der Waals surface area contributed by atoms with Gasteiger partial charge in [0.1, 0.15) is 18.3 Å². The molecule has 8 nitrogen and oxygen atoms in total. The van der Waals surface area contributed by atoms with Crippen LogP contribution < -0.4 is 14.4 Å². The fourth-order valence-corrected chi connectivity index (χ4v) is 5.53. The first-order chi connectivity index (χ1) is 18.6. The number of amides is 2. The summed E-state index contributed by atoms with van der Waals surface area (Å²) < 4.78 is 34.7. The van der Waals surface area contributed by atoms with E-state index in [4.69, 9.17) is 4.74 Å². The Morgan fingerprint density at radius 1 is 0.949 bits per heavy atom. The first kappa shape index (κ1) is 30.2. The lowest BCUT2D eigenvalue weighted by Crippen LogP contribution is -2.52. The van der Waals surface area contributed by atoms with Crippen LogP contribution in [0.25, 0.3) is 0 Å². The van der Waals surface area contributed by atoms with E-state index in [0.717, 1.165) is 20.8 Å². The normalized spacial score (nSPS) is 12.7. The monoisotopic (exact) mass is 615 g/mol. The molecule has 2 amide bonds. The van der Waals surface area contributed by atoms with Crippen LogP contribution in [0, 0.1) is 0 Å². The predicted molar refractivity (Wildman–Crippen MR) is 156 cm³/mol.